The summed E-state index contributed by atoms with van der Waals surface area (Å²) in [5, 5.41) is 6.27. The van der Waals surface area contributed by atoms with Crippen molar-refractivity contribution in [2.45, 2.75) is 56.2 Å². The fourth-order valence-electron chi connectivity index (χ4n) is 4.96. The average Bonchev–Trinajstić information content (AvgIpc) is 3.25. The summed E-state index contributed by atoms with van der Waals surface area (Å²) in [5.74, 6) is -0.594. The number of fused-ring (bicyclic) bond motifs is 1. The van der Waals surface area contributed by atoms with E-state index in [2.05, 4.69) is 32.7 Å². The van der Waals surface area contributed by atoms with Gasteiger partial charge in [0.25, 0.3) is 11.8 Å². The zero-order valence-electron chi connectivity index (χ0n) is 19.7. The number of nitrogens with one attached hydrogen (secondary N) is 2. The first kappa shape index (κ1) is 23.6. The number of carbonyl (C=O) groups excluding carboxylic acids is 3. The number of benzene rings is 2. The first-order chi connectivity index (χ1) is 17.1. The molecule has 0 spiro atoms. The second-order valence-corrected chi connectivity index (χ2v) is 10.5. The van der Waals surface area contributed by atoms with Crippen LogP contribution in [-0.2, 0) is 16.0 Å². The fourth-order valence-corrected chi connectivity index (χ4v) is 6.08. The maximum absolute atomic E-state index is 12.8. The Hall–Kier alpha value is -3.13. The van der Waals surface area contributed by atoms with E-state index in [1.54, 1.807) is 24.3 Å². The summed E-state index contributed by atoms with van der Waals surface area (Å²) in [7, 11) is 0. The van der Waals surface area contributed by atoms with Crippen LogP contribution in [-0.4, -0.2) is 46.1 Å². The standard InChI is InChI=1S/C27H30N4O3S/c32-24(17-23-26(34)30-27(35-23)31-15-4-1-5-16-31)28-20-13-11-19(12-14-20)25(33)29-22-10-6-8-18-7-2-3-9-21(18)22/h2-3,7,9,11-14,22-23H,1,4-6,8,10,15-17H2,(H,28,32)(H,29,33)/t22-,23+/m1/s1. The number of hydrogen-bond donors (Lipinski definition) is 2. The Bertz CT molecular complexity index is 1140. The lowest BCUT2D eigenvalue weighted by Gasteiger charge is -2.27. The van der Waals surface area contributed by atoms with E-state index in [1.165, 1.54) is 29.3 Å². The third-order valence-electron chi connectivity index (χ3n) is 6.83. The third kappa shape index (κ3) is 5.59. The highest BCUT2D eigenvalue weighted by atomic mass is 32.2. The van der Waals surface area contributed by atoms with Gasteiger partial charge in [-0.25, -0.2) is 0 Å². The first-order valence-corrected chi connectivity index (χ1v) is 13.3. The summed E-state index contributed by atoms with van der Waals surface area (Å²) in [6, 6.07) is 15.2. The summed E-state index contributed by atoms with van der Waals surface area (Å²) in [6.07, 6.45) is 6.55. The molecule has 7 nitrogen and oxygen atoms in total. The van der Waals surface area contributed by atoms with Gasteiger partial charge in [-0.15, -0.1) is 0 Å². The number of aliphatic imine (C=N–C) groups is 1. The summed E-state index contributed by atoms with van der Waals surface area (Å²) in [6.45, 7) is 1.84. The minimum atomic E-state index is -0.477. The van der Waals surface area contributed by atoms with Crippen molar-refractivity contribution in [3.8, 4) is 0 Å². The van der Waals surface area contributed by atoms with Crippen LogP contribution in [0.1, 0.15) is 66.1 Å². The Balaban J connectivity index is 1.13. The van der Waals surface area contributed by atoms with Crippen molar-refractivity contribution in [3.05, 3.63) is 65.2 Å². The molecule has 0 bridgehead atoms. The van der Waals surface area contributed by atoms with E-state index in [4.69, 9.17) is 0 Å². The highest BCUT2D eigenvalue weighted by molar-refractivity contribution is 8.15. The zero-order chi connectivity index (χ0) is 24.2. The lowest BCUT2D eigenvalue weighted by atomic mass is 9.87. The van der Waals surface area contributed by atoms with Crippen molar-refractivity contribution in [1.82, 2.24) is 10.2 Å². The smallest absolute Gasteiger partial charge is 0.262 e. The Labute approximate surface area is 209 Å². The number of piperidine rings is 1. The van der Waals surface area contributed by atoms with Crippen LogP contribution >= 0.6 is 11.8 Å². The van der Waals surface area contributed by atoms with Crippen LogP contribution in [0.15, 0.2) is 53.5 Å². The maximum atomic E-state index is 12.8. The van der Waals surface area contributed by atoms with Crippen molar-refractivity contribution < 1.29 is 14.4 Å². The highest BCUT2D eigenvalue weighted by Gasteiger charge is 2.33. The molecule has 0 radical (unpaired) electrons. The van der Waals surface area contributed by atoms with Gasteiger partial charge in [0.05, 0.1) is 6.04 Å². The normalized spacial score (nSPS) is 21.8. The van der Waals surface area contributed by atoms with Gasteiger partial charge in [-0.05, 0) is 73.9 Å². The van der Waals surface area contributed by atoms with Gasteiger partial charge in [-0.3, -0.25) is 14.4 Å². The highest BCUT2D eigenvalue weighted by Crippen LogP contribution is 2.30. The SMILES string of the molecule is O=C(C[C@@H]1SC(N2CCCCC2)=NC1=O)Nc1ccc(C(=O)N[C@@H]2CCCc3ccccc32)cc1. The molecule has 3 amide bonds. The maximum Gasteiger partial charge on any atom is 0.262 e. The van der Waals surface area contributed by atoms with Crippen LogP contribution in [0.3, 0.4) is 0 Å². The molecule has 5 rings (SSSR count). The van der Waals surface area contributed by atoms with Crippen LogP contribution in [0.5, 0.6) is 0 Å². The van der Waals surface area contributed by atoms with E-state index in [0.717, 1.165) is 50.4 Å². The van der Waals surface area contributed by atoms with Gasteiger partial charge in [0.1, 0.15) is 5.25 Å². The molecular formula is C27H30N4O3S. The summed E-state index contributed by atoms with van der Waals surface area (Å²) < 4.78 is 0. The van der Waals surface area contributed by atoms with Gasteiger partial charge in [0.15, 0.2) is 5.17 Å². The number of hydrogen-bond acceptors (Lipinski definition) is 5. The number of amidine groups is 1. The molecule has 2 N–H and O–H groups in total. The van der Waals surface area contributed by atoms with Crippen LogP contribution < -0.4 is 10.6 Å². The predicted molar refractivity (Wildman–Crippen MR) is 139 cm³/mol. The van der Waals surface area contributed by atoms with Crippen molar-refractivity contribution >= 4 is 40.3 Å². The van der Waals surface area contributed by atoms with Gasteiger partial charge in [-0.1, -0.05) is 36.0 Å². The van der Waals surface area contributed by atoms with Gasteiger partial charge >= 0.3 is 0 Å². The second kappa shape index (κ2) is 10.6. The first-order valence-electron chi connectivity index (χ1n) is 12.4. The third-order valence-corrected chi connectivity index (χ3v) is 8.05. The molecule has 3 aliphatic rings. The van der Waals surface area contributed by atoms with E-state index >= 15 is 0 Å². The van der Waals surface area contributed by atoms with E-state index in [9.17, 15) is 14.4 Å². The molecule has 0 unspecified atom stereocenters. The van der Waals surface area contributed by atoms with E-state index < -0.39 is 5.25 Å². The second-order valence-electron chi connectivity index (χ2n) is 9.33. The van der Waals surface area contributed by atoms with Crippen LogP contribution in [0.25, 0.3) is 0 Å². The summed E-state index contributed by atoms with van der Waals surface area (Å²) >= 11 is 1.39. The number of anilines is 1. The molecular weight excluding hydrogens is 460 g/mol. The molecule has 2 aliphatic heterocycles. The predicted octanol–water partition coefficient (Wildman–Crippen LogP) is 4.31. The van der Waals surface area contributed by atoms with Crippen molar-refractivity contribution in [2.24, 2.45) is 4.99 Å². The Kier molecular flexibility index (Phi) is 7.18. The molecule has 182 valence electrons. The van der Waals surface area contributed by atoms with Gasteiger partial charge in [0, 0.05) is 30.8 Å². The number of amides is 3. The molecule has 1 fully saturated rings. The van der Waals surface area contributed by atoms with Crippen LogP contribution in [0, 0.1) is 0 Å². The number of rotatable bonds is 5. The Morgan fingerprint density at radius 2 is 1.77 bits per heavy atom. The van der Waals surface area contributed by atoms with Gasteiger partial charge in [0.2, 0.25) is 5.91 Å². The molecule has 1 aliphatic carbocycles. The van der Waals surface area contributed by atoms with Crippen molar-refractivity contribution in [2.75, 3.05) is 18.4 Å². The molecule has 0 aromatic heterocycles. The molecule has 2 heterocycles. The number of aryl methyl sites for hydroxylation is 1. The van der Waals surface area contributed by atoms with E-state index in [-0.39, 0.29) is 30.2 Å². The molecule has 2 aromatic rings. The van der Waals surface area contributed by atoms with Crippen LogP contribution in [0.2, 0.25) is 0 Å². The van der Waals surface area contributed by atoms with E-state index in [1.807, 2.05) is 12.1 Å². The number of thioether (sulfide) groups is 1. The number of carbonyl (C=O) groups is 3. The van der Waals surface area contributed by atoms with Crippen molar-refractivity contribution in [1.29, 1.82) is 0 Å². The lowest BCUT2D eigenvalue weighted by molar-refractivity contribution is -0.121. The Morgan fingerprint density at radius 3 is 2.57 bits per heavy atom. The molecule has 1 saturated heterocycles. The minimum Gasteiger partial charge on any atom is -0.351 e. The van der Waals surface area contributed by atoms with E-state index in [0.29, 0.717) is 11.3 Å². The molecule has 8 heteroatoms. The lowest BCUT2D eigenvalue weighted by Crippen LogP contribution is -2.33. The molecule has 2 aromatic carbocycles. The average molecular weight is 491 g/mol. The van der Waals surface area contributed by atoms with Crippen LogP contribution in [0.4, 0.5) is 5.69 Å². The minimum absolute atomic E-state index is 0.0188. The monoisotopic (exact) mass is 490 g/mol. The zero-order valence-corrected chi connectivity index (χ0v) is 20.5. The molecule has 35 heavy (non-hydrogen) atoms. The quantitative estimate of drug-likeness (QED) is 0.652. The Morgan fingerprint density at radius 1 is 1.00 bits per heavy atom. The largest absolute Gasteiger partial charge is 0.351 e. The van der Waals surface area contributed by atoms with Gasteiger partial charge < -0.3 is 15.5 Å². The van der Waals surface area contributed by atoms with Crippen molar-refractivity contribution in [3.63, 3.8) is 0 Å². The van der Waals surface area contributed by atoms with Gasteiger partial charge in [-0.2, -0.15) is 4.99 Å². The summed E-state index contributed by atoms with van der Waals surface area (Å²) in [4.78, 5) is 44.1. The molecule has 2 atom stereocenters. The number of nitrogens with zero attached hydrogens (tertiary/aromatic N) is 2. The fraction of sp³-hybridized carbons (Fsp3) is 0.407. The number of likely N-dealkylation sites (tertiary alicyclic amines) is 1. The molecule has 0 saturated carbocycles. The summed E-state index contributed by atoms with van der Waals surface area (Å²) in [5.41, 5.74) is 3.64. The topological polar surface area (TPSA) is 90.9 Å².